The Bertz CT molecular complexity index is 636. The fourth-order valence-corrected chi connectivity index (χ4v) is 3.13. The number of hydrogen-bond acceptors (Lipinski definition) is 4. The van der Waals surface area contributed by atoms with Crippen LogP contribution in [0.2, 0.25) is 0 Å². The van der Waals surface area contributed by atoms with Crippen molar-refractivity contribution in [2.45, 2.75) is 25.9 Å². The molecule has 1 aromatic carbocycles. The first-order chi connectivity index (χ1) is 10.1. The number of aliphatic hydroxyl groups is 1. The van der Waals surface area contributed by atoms with Crippen LogP contribution in [0.15, 0.2) is 30.3 Å². The lowest BCUT2D eigenvalue weighted by atomic mass is 9.75. The summed E-state index contributed by atoms with van der Waals surface area (Å²) in [4.78, 5) is 4.50. The molecule has 1 aliphatic heterocycles. The molecule has 2 aromatic rings. The number of hydrogen-bond donors (Lipinski definition) is 2. The van der Waals surface area contributed by atoms with E-state index in [-0.39, 0.29) is 5.41 Å². The highest BCUT2D eigenvalue weighted by Crippen LogP contribution is 2.40. The van der Waals surface area contributed by atoms with Crippen LogP contribution in [0.3, 0.4) is 0 Å². The predicted molar refractivity (Wildman–Crippen MR) is 83.0 cm³/mol. The second-order valence-electron chi connectivity index (χ2n) is 6.03. The number of benzene rings is 1. The summed E-state index contributed by atoms with van der Waals surface area (Å²) in [5, 5.41) is 11.9. The van der Waals surface area contributed by atoms with Crippen LogP contribution in [0.1, 0.15) is 30.2 Å². The number of nitrogens with two attached hydrogens (primary N) is 1. The Labute approximate surface area is 124 Å². The van der Waals surface area contributed by atoms with E-state index in [0.717, 1.165) is 41.6 Å². The van der Waals surface area contributed by atoms with Crippen LogP contribution >= 0.6 is 0 Å². The molecule has 0 radical (unpaired) electrons. The highest BCUT2D eigenvalue weighted by atomic mass is 16.5. The van der Waals surface area contributed by atoms with Crippen LogP contribution in [0, 0.1) is 12.3 Å². The number of aromatic nitrogens is 1. The predicted octanol–water partition coefficient (Wildman–Crippen LogP) is 2.33. The number of rotatable bonds is 3. The summed E-state index contributed by atoms with van der Waals surface area (Å²) in [6, 6.07) is 9.96. The Kier molecular flexibility index (Phi) is 3.93. The van der Waals surface area contributed by atoms with Gasteiger partial charge in [0.15, 0.2) is 0 Å². The number of fused-ring (bicyclic) bond motifs is 1. The van der Waals surface area contributed by atoms with Crippen molar-refractivity contribution < 1.29 is 9.84 Å². The molecule has 0 aliphatic carbocycles. The Morgan fingerprint density at radius 2 is 2.24 bits per heavy atom. The molecule has 0 saturated carbocycles. The van der Waals surface area contributed by atoms with Crippen molar-refractivity contribution in [2.24, 2.45) is 11.1 Å². The molecule has 1 saturated heterocycles. The van der Waals surface area contributed by atoms with Gasteiger partial charge < -0.3 is 15.6 Å². The first-order valence-corrected chi connectivity index (χ1v) is 7.48. The SMILES string of the molecule is Cc1ccc2cc(C(O)C3(CN)CCCOC3)ccc2n1. The molecule has 112 valence electrons. The second kappa shape index (κ2) is 5.72. The maximum absolute atomic E-state index is 10.8. The van der Waals surface area contributed by atoms with Crippen LogP contribution in [-0.2, 0) is 4.74 Å². The molecule has 4 heteroatoms. The fourth-order valence-electron chi connectivity index (χ4n) is 3.13. The number of aliphatic hydroxyl groups excluding tert-OH is 1. The van der Waals surface area contributed by atoms with Crippen molar-refractivity contribution >= 4 is 10.9 Å². The van der Waals surface area contributed by atoms with Crippen LogP contribution in [0.4, 0.5) is 0 Å². The van der Waals surface area contributed by atoms with Gasteiger partial charge in [0.25, 0.3) is 0 Å². The minimum Gasteiger partial charge on any atom is -0.388 e. The van der Waals surface area contributed by atoms with Crippen molar-refractivity contribution in [3.05, 3.63) is 41.6 Å². The van der Waals surface area contributed by atoms with Crippen LogP contribution in [-0.4, -0.2) is 29.8 Å². The highest BCUT2D eigenvalue weighted by molar-refractivity contribution is 5.79. The van der Waals surface area contributed by atoms with Gasteiger partial charge in [0, 0.05) is 29.6 Å². The van der Waals surface area contributed by atoms with Crippen molar-refractivity contribution in [1.82, 2.24) is 4.98 Å². The van der Waals surface area contributed by atoms with E-state index in [1.165, 1.54) is 0 Å². The molecular weight excluding hydrogens is 264 g/mol. The third kappa shape index (κ3) is 2.67. The summed E-state index contributed by atoms with van der Waals surface area (Å²) < 4.78 is 5.57. The van der Waals surface area contributed by atoms with Gasteiger partial charge in [0.1, 0.15) is 0 Å². The third-order valence-corrected chi connectivity index (χ3v) is 4.51. The van der Waals surface area contributed by atoms with E-state index in [2.05, 4.69) is 4.98 Å². The molecule has 2 atom stereocenters. The van der Waals surface area contributed by atoms with Crippen LogP contribution in [0.25, 0.3) is 10.9 Å². The third-order valence-electron chi connectivity index (χ3n) is 4.51. The molecule has 1 fully saturated rings. The average molecular weight is 286 g/mol. The van der Waals surface area contributed by atoms with Gasteiger partial charge in [-0.3, -0.25) is 4.98 Å². The Balaban J connectivity index is 1.96. The maximum atomic E-state index is 10.8. The van der Waals surface area contributed by atoms with Gasteiger partial charge in [-0.2, -0.15) is 0 Å². The van der Waals surface area contributed by atoms with E-state index in [1.54, 1.807) is 0 Å². The molecule has 0 bridgehead atoms. The maximum Gasteiger partial charge on any atom is 0.0880 e. The molecule has 1 aliphatic rings. The van der Waals surface area contributed by atoms with Crippen LogP contribution in [0.5, 0.6) is 0 Å². The molecule has 4 nitrogen and oxygen atoms in total. The number of nitrogens with zero attached hydrogens (tertiary/aromatic N) is 1. The van der Waals surface area contributed by atoms with E-state index < -0.39 is 6.10 Å². The minimum absolute atomic E-state index is 0.371. The van der Waals surface area contributed by atoms with Crippen molar-refractivity contribution in [2.75, 3.05) is 19.8 Å². The molecule has 3 rings (SSSR count). The van der Waals surface area contributed by atoms with Gasteiger partial charge in [0.2, 0.25) is 0 Å². The monoisotopic (exact) mass is 286 g/mol. The van der Waals surface area contributed by atoms with E-state index in [9.17, 15) is 5.11 Å². The normalized spacial score (nSPS) is 24.1. The van der Waals surface area contributed by atoms with Crippen molar-refractivity contribution in [3.8, 4) is 0 Å². The van der Waals surface area contributed by atoms with Gasteiger partial charge in [-0.15, -0.1) is 0 Å². The highest BCUT2D eigenvalue weighted by Gasteiger charge is 2.39. The van der Waals surface area contributed by atoms with Gasteiger partial charge in [0.05, 0.1) is 18.2 Å². The van der Waals surface area contributed by atoms with E-state index in [4.69, 9.17) is 10.5 Å². The molecule has 2 unspecified atom stereocenters. The largest absolute Gasteiger partial charge is 0.388 e. The van der Waals surface area contributed by atoms with E-state index in [1.807, 2.05) is 37.3 Å². The lowest BCUT2D eigenvalue weighted by Gasteiger charge is -2.40. The summed E-state index contributed by atoms with van der Waals surface area (Å²) in [6.45, 7) is 3.69. The molecule has 1 aromatic heterocycles. The molecule has 0 amide bonds. The Morgan fingerprint density at radius 3 is 2.95 bits per heavy atom. The summed E-state index contributed by atoms with van der Waals surface area (Å²) in [5.74, 6) is 0. The van der Waals surface area contributed by atoms with Gasteiger partial charge in [-0.25, -0.2) is 0 Å². The number of aryl methyl sites for hydroxylation is 1. The molecule has 2 heterocycles. The molecule has 3 N–H and O–H groups in total. The van der Waals surface area contributed by atoms with Gasteiger partial charge in [-0.05, 0) is 43.5 Å². The summed E-state index contributed by atoms with van der Waals surface area (Å²) in [7, 11) is 0. The van der Waals surface area contributed by atoms with E-state index in [0.29, 0.717) is 13.2 Å². The van der Waals surface area contributed by atoms with E-state index >= 15 is 0 Å². The smallest absolute Gasteiger partial charge is 0.0880 e. The topological polar surface area (TPSA) is 68.4 Å². The van der Waals surface area contributed by atoms with Crippen molar-refractivity contribution in [3.63, 3.8) is 0 Å². The molecule has 0 spiro atoms. The van der Waals surface area contributed by atoms with Crippen molar-refractivity contribution in [1.29, 1.82) is 0 Å². The van der Waals surface area contributed by atoms with Crippen LogP contribution < -0.4 is 5.73 Å². The summed E-state index contributed by atoms with van der Waals surface area (Å²) in [5.41, 5.74) is 8.43. The Hall–Kier alpha value is -1.49. The second-order valence-corrected chi connectivity index (χ2v) is 6.03. The first-order valence-electron chi connectivity index (χ1n) is 7.48. The lowest BCUT2D eigenvalue weighted by Crippen LogP contribution is -2.43. The van der Waals surface area contributed by atoms with Gasteiger partial charge in [-0.1, -0.05) is 12.1 Å². The zero-order valence-electron chi connectivity index (χ0n) is 12.4. The zero-order valence-corrected chi connectivity index (χ0v) is 12.4. The summed E-state index contributed by atoms with van der Waals surface area (Å²) >= 11 is 0. The number of ether oxygens (including phenoxy) is 1. The fraction of sp³-hybridized carbons (Fsp3) is 0.471. The standard InChI is InChI=1S/C17H22N2O2/c1-12-3-4-13-9-14(5-6-15(13)19-12)16(20)17(10-18)7-2-8-21-11-17/h3-6,9,16,20H,2,7-8,10-11,18H2,1H3. The molecular formula is C17H22N2O2. The average Bonchev–Trinajstić information content (AvgIpc) is 2.54. The van der Waals surface area contributed by atoms with Gasteiger partial charge >= 0.3 is 0 Å². The quantitative estimate of drug-likeness (QED) is 0.908. The number of pyridine rings is 1. The summed E-state index contributed by atoms with van der Waals surface area (Å²) in [6.07, 6.45) is 1.24. The first kappa shape index (κ1) is 14.4. The zero-order chi connectivity index (χ0) is 14.9. The molecule has 21 heavy (non-hydrogen) atoms. The Morgan fingerprint density at radius 1 is 1.38 bits per heavy atom. The minimum atomic E-state index is -0.603. The lowest BCUT2D eigenvalue weighted by molar-refractivity contribution is -0.0781.